The van der Waals surface area contributed by atoms with E-state index in [0.717, 1.165) is 18.0 Å². The van der Waals surface area contributed by atoms with Crippen LogP contribution in [0.3, 0.4) is 0 Å². The highest BCUT2D eigenvalue weighted by Crippen LogP contribution is 2.29. The minimum absolute atomic E-state index is 0.0778. The molecule has 0 atom stereocenters. The number of rotatable bonds is 4. The number of nitrogens with zero attached hydrogens (tertiary/aromatic N) is 2. The molecular formula is C14H13F3N2O. The van der Waals surface area contributed by atoms with Crippen molar-refractivity contribution >= 4 is 5.78 Å². The number of aryl methyl sites for hydroxylation is 2. The SMILES string of the molecule is Cn1ccnc1CCC(=O)c1cccc(C(F)(F)F)c1. The molecule has 1 aromatic carbocycles. The van der Waals surface area contributed by atoms with Crippen molar-refractivity contribution in [2.24, 2.45) is 7.05 Å². The number of hydrogen-bond donors (Lipinski definition) is 0. The van der Waals surface area contributed by atoms with Gasteiger partial charge in [-0.2, -0.15) is 13.2 Å². The van der Waals surface area contributed by atoms with Crippen LogP contribution in [0.2, 0.25) is 0 Å². The van der Waals surface area contributed by atoms with Crippen molar-refractivity contribution in [3.8, 4) is 0 Å². The van der Waals surface area contributed by atoms with Gasteiger partial charge >= 0.3 is 6.18 Å². The largest absolute Gasteiger partial charge is 0.416 e. The number of ketones is 1. The fourth-order valence-corrected chi connectivity index (χ4v) is 1.88. The highest BCUT2D eigenvalue weighted by atomic mass is 19.4. The van der Waals surface area contributed by atoms with Gasteiger partial charge in [0, 0.05) is 37.8 Å². The predicted molar refractivity (Wildman–Crippen MR) is 67.3 cm³/mol. The Kier molecular flexibility index (Phi) is 3.92. The van der Waals surface area contributed by atoms with Crippen LogP contribution in [0.25, 0.3) is 0 Å². The molecule has 0 aliphatic rings. The van der Waals surface area contributed by atoms with E-state index in [-0.39, 0.29) is 17.8 Å². The molecule has 20 heavy (non-hydrogen) atoms. The molecule has 0 saturated carbocycles. The lowest BCUT2D eigenvalue weighted by atomic mass is 10.0. The van der Waals surface area contributed by atoms with Crippen LogP contribution in [-0.4, -0.2) is 15.3 Å². The van der Waals surface area contributed by atoms with Crippen LogP contribution < -0.4 is 0 Å². The molecule has 0 saturated heterocycles. The molecule has 2 rings (SSSR count). The van der Waals surface area contributed by atoms with E-state index in [4.69, 9.17) is 0 Å². The number of hydrogen-bond acceptors (Lipinski definition) is 2. The van der Waals surface area contributed by atoms with E-state index < -0.39 is 11.7 Å². The van der Waals surface area contributed by atoms with E-state index >= 15 is 0 Å². The van der Waals surface area contributed by atoms with E-state index in [0.29, 0.717) is 6.42 Å². The van der Waals surface area contributed by atoms with E-state index in [2.05, 4.69) is 4.98 Å². The second-order valence-electron chi connectivity index (χ2n) is 4.46. The van der Waals surface area contributed by atoms with Gasteiger partial charge in [-0.1, -0.05) is 12.1 Å². The topological polar surface area (TPSA) is 34.9 Å². The summed E-state index contributed by atoms with van der Waals surface area (Å²) in [4.78, 5) is 16.0. The maximum absolute atomic E-state index is 12.6. The quantitative estimate of drug-likeness (QED) is 0.807. The van der Waals surface area contributed by atoms with E-state index in [1.54, 1.807) is 24.0 Å². The van der Waals surface area contributed by atoms with Crippen LogP contribution in [0.1, 0.15) is 28.2 Å². The molecule has 6 heteroatoms. The van der Waals surface area contributed by atoms with E-state index in [1.165, 1.54) is 12.1 Å². The molecule has 0 spiro atoms. The Balaban J connectivity index is 2.08. The first-order valence-electron chi connectivity index (χ1n) is 6.04. The molecular weight excluding hydrogens is 269 g/mol. The normalized spacial score (nSPS) is 11.6. The van der Waals surface area contributed by atoms with Crippen LogP contribution in [0.15, 0.2) is 36.7 Å². The summed E-state index contributed by atoms with van der Waals surface area (Å²) in [6.45, 7) is 0. The Labute approximate surface area is 114 Å². The third kappa shape index (κ3) is 3.26. The van der Waals surface area contributed by atoms with Crippen molar-refractivity contribution < 1.29 is 18.0 Å². The zero-order chi connectivity index (χ0) is 14.8. The Morgan fingerprint density at radius 1 is 1.35 bits per heavy atom. The van der Waals surface area contributed by atoms with Crippen molar-refractivity contribution in [2.45, 2.75) is 19.0 Å². The van der Waals surface area contributed by atoms with E-state index in [9.17, 15) is 18.0 Å². The number of alkyl halides is 3. The van der Waals surface area contributed by atoms with Gasteiger partial charge in [0.25, 0.3) is 0 Å². The third-order valence-corrected chi connectivity index (χ3v) is 3.01. The molecule has 0 N–H and O–H groups in total. The summed E-state index contributed by atoms with van der Waals surface area (Å²) in [7, 11) is 1.80. The zero-order valence-corrected chi connectivity index (χ0v) is 10.8. The highest BCUT2D eigenvalue weighted by Gasteiger charge is 2.30. The number of benzene rings is 1. The maximum Gasteiger partial charge on any atom is 0.416 e. The van der Waals surface area contributed by atoms with Crippen molar-refractivity contribution in [3.63, 3.8) is 0 Å². The molecule has 0 aliphatic carbocycles. The molecule has 3 nitrogen and oxygen atoms in total. The maximum atomic E-state index is 12.6. The molecule has 1 aromatic heterocycles. The van der Waals surface area contributed by atoms with Crippen LogP contribution in [0.5, 0.6) is 0 Å². The van der Waals surface area contributed by atoms with Gasteiger partial charge < -0.3 is 4.57 Å². The number of halogens is 3. The minimum atomic E-state index is -4.43. The van der Waals surface area contributed by atoms with Gasteiger partial charge in [-0.3, -0.25) is 4.79 Å². The van der Waals surface area contributed by atoms with Crippen molar-refractivity contribution in [1.29, 1.82) is 0 Å². The monoisotopic (exact) mass is 282 g/mol. The smallest absolute Gasteiger partial charge is 0.338 e. The fourth-order valence-electron chi connectivity index (χ4n) is 1.88. The second kappa shape index (κ2) is 5.48. The molecule has 0 bridgehead atoms. The first kappa shape index (κ1) is 14.3. The molecule has 0 amide bonds. The summed E-state index contributed by atoms with van der Waals surface area (Å²) in [5.74, 6) is 0.407. The first-order valence-corrected chi connectivity index (χ1v) is 6.04. The molecule has 106 valence electrons. The van der Waals surface area contributed by atoms with Gasteiger partial charge in [0.05, 0.1) is 5.56 Å². The van der Waals surface area contributed by atoms with Gasteiger partial charge in [-0.15, -0.1) is 0 Å². The van der Waals surface area contributed by atoms with Gasteiger partial charge in [-0.25, -0.2) is 4.98 Å². The average molecular weight is 282 g/mol. The standard InChI is InChI=1S/C14H13F3N2O/c1-19-8-7-18-13(19)6-5-12(20)10-3-2-4-11(9-10)14(15,16)17/h2-4,7-9H,5-6H2,1H3. The average Bonchev–Trinajstić information content (AvgIpc) is 2.81. The van der Waals surface area contributed by atoms with Gasteiger partial charge in [-0.05, 0) is 12.1 Å². The molecule has 1 heterocycles. The summed E-state index contributed by atoms with van der Waals surface area (Å²) in [6.07, 6.45) is -0.533. The highest BCUT2D eigenvalue weighted by molar-refractivity contribution is 5.96. The molecule has 0 radical (unpaired) electrons. The zero-order valence-electron chi connectivity index (χ0n) is 10.8. The molecule has 0 fully saturated rings. The molecule has 2 aromatic rings. The van der Waals surface area contributed by atoms with E-state index in [1.807, 2.05) is 0 Å². The Morgan fingerprint density at radius 3 is 2.70 bits per heavy atom. The van der Waals surface area contributed by atoms with Crippen LogP contribution in [-0.2, 0) is 19.6 Å². The Hall–Kier alpha value is -2.11. The lowest BCUT2D eigenvalue weighted by Gasteiger charge is -2.08. The minimum Gasteiger partial charge on any atom is -0.338 e. The molecule has 0 unspecified atom stereocenters. The van der Waals surface area contributed by atoms with Gasteiger partial charge in [0.15, 0.2) is 5.78 Å². The lowest BCUT2D eigenvalue weighted by Crippen LogP contribution is -2.08. The summed E-state index contributed by atoms with van der Waals surface area (Å²) >= 11 is 0. The van der Waals surface area contributed by atoms with Crippen LogP contribution in [0.4, 0.5) is 13.2 Å². The molecule has 0 aliphatic heterocycles. The van der Waals surface area contributed by atoms with Crippen molar-refractivity contribution in [3.05, 3.63) is 53.6 Å². The fraction of sp³-hybridized carbons (Fsp3) is 0.286. The number of carbonyl (C=O) groups excluding carboxylic acids is 1. The van der Waals surface area contributed by atoms with Crippen molar-refractivity contribution in [1.82, 2.24) is 9.55 Å². The number of aromatic nitrogens is 2. The number of carbonyl (C=O) groups is 1. The summed E-state index contributed by atoms with van der Waals surface area (Å²) < 4.78 is 39.5. The van der Waals surface area contributed by atoms with Gasteiger partial charge in [0.1, 0.15) is 5.82 Å². The third-order valence-electron chi connectivity index (χ3n) is 3.01. The van der Waals surface area contributed by atoms with Crippen molar-refractivity contribution in [2.75, 3.05) is 0 Å². The number of imidazole rings is 1. The summed E-state index contributed by atoms with van der Waals surface area (Å²) in [5, 5.41) is 0. The summed E-state index contributed by atoms with van der Waals surface area (Å²) in [6, 6.07) is 4.49. The van der Waals surface area contributed by atoms with Crippen LogP contribution in [0, 0.1) is 0 Å². The second-order valence-corrected chi connectivity index (χ2v) is 4.46. The summed E-state index contributed by atoms with van der Waals surface area (Å²) in [5.41, 5.74) is -0.727. The Morgan fingerprint density at radius 2 is 2.10 bits per heavy atom. The number of Topliss-reactive ketones (excluding diaryl/α,β-unsaturated/α-hetero) is 1. The predicted octanol–water partition coefficient (Wildman–Crippen LogP) is 3.25. The lowest BCUT2D eigenvalue weighted by molar-refractivity contribution is -0.137. The Bertz CT molecular complexity index is 617. The first-order chi connectivity index (χ1) is 9.38. The van der Waals surface area contributed by atoms with Gasteiger partial charge in [0.2, 0.25) is 0 Å². The van der Waals surface area contributed by atoms with Crippen LogP contribution >= 0.6 is 0 Å².